The third-order valence-corrected chi connectivity index (χ3v) is 3.48. The number of carbonyl (C=O) groups is 3. The maximum absolute atomic E-state index is 12.1. The maximum atomic E-state index is 12.1. The summed E-state index contributed by atoms with van der Waals surface area (Å²) in [5.41, 5.74) is 0.779. The van der Waals surface area contributed by atoms with Gasteiger partial charge in [-0.1, -0.05) is 44.2 Å². The predicted octanol–water partition coefficient (Wildman–Crippen LogP) is 1.91. The molecule has 0 heterocycles. The smallest absolute Gasteiger partial charge is 0.417 e. The SMILES string of the molecule is CCOC(=O)CN(C)C(=N)NC(=O)OC(OC(=O)Cc1ccccc1)C(C)C. The van der Waals surface area contributed by atoms with Gasteiger partial charge in [-0.15, -0.1) is 0 Å². The van der Waals surface area contributed by atoms with Crippen molar-refractivity contribution < 1.29 is 28.6 Å². The third kappa shape index (κ3) is 8.52. The monoisotopic (exact) mass is 393 g/mol. The number of benzene rings is 1. The Bertz CT molecular complexity index is 678. The van der Waals surface area contributed by atoms with E-state index in [-0.39, 0.29) is 31.4 Å². The summed E-state index contributed by atoms with van der Waals surface area (Å²) in [7, 11) is 1.44. The number of amides is 1. The molecule has 28 heavy (non-hydrogen) atoms. The fraction of sp³-hybridized carbons (Fsp3) is 0.474. The average Bonchev–Trinajstić information content (AvgIpc) is 2.61. The van der Waals surface area contributed by atoms with Crippen molar-refractivity contribution in [1.82, 2.24) is 10.2 Å². The van der Waals surface area contributed by atoms with Crippen LogP contribution in [0.4, 0.5) is 4.79 Å². The largest absolute Gasteiger partial charge is 0.465 e. The lowest BCUT2D eigenvalue weighted by Gasteiger charge is -2.23. The van der Waals surface area contributed by atoms with Crippen molar-refractivity contribution in [3.05, 3.63) is 35.9 Å². The molecule has 154 valence electrons. The van der Waals surface area contributed by atoms with Gasteiger partial charge >= 0.3 is 18.0 Å². The molecule has 1 aromatic rings. The Labute approximate surface area is 164 Å². The van der Waals surface area contributed by atoms with E-state index in [0.29, 0.717) is 0 Å². The van der Waals surface area contributed by atoms with Gasteiger partial charge in [-0.2, -0.15) is 0 Å². The second-order valence-electron chi connectivity index (χ2n) is 6.30. The van der Waals surface area contributed by atoms with Crippen LogP contribution in [0.5, 0.6) is 0 Å². The van der Waals surface area contributed by atoms with E-state index in [0.717, 1.165) is 5.56 Å². The van der Waals surface area contributed by atoms with Gasteiger partial charge in [0.25, 0.3) is 6.29 Å². The number of nitrogens with one attached hydrogen (secondary N) is 2. The van der Waals surface area contributed by atoms with Gasteiger partial charge in [0.15, 0.2) is 0 Å². The molecular weight excluding hydrogens is 366 g/mol. The highest BCUT2D eigenvalue weighted by molar-refractivity contribution is 5.93. The molecule has 1 atom stereocenters. The number of nitrogens with zero attached hydrogens (tertiary/aromatic N) is 1. The lowest BCUT2D eigenvalue weighted by molar-refractivity contribution is -0.173. The predicted molar refractivity (Wildman–Crippen MR) is 101 cm³/mol. The summed E-state index contributed by atoms with van der Waals surface area (Å²) in [5.74, 6) is -1.71. The van der Waals surface area contributed by atoms with Crippen molar-refractivity contribution in [3.8, 4) is 0 Å². The minimum absolute atomic E-state index is 0.0487. The van der Waals surface area contributed by atoms with Gasteiger partial charge in [0, 0.05) is 13.0 Å². The first-order valence-electron chi connectivity index (χ1n) is 8.89. The maximum Gasteiger partial charge on any atom is 0.417 e. The number of hydrogen-bond acceptors (Lipinski definition) is 7. The molecule has 1 amide bonds. The zero-order valence-electron chi connectivity index (χ0n) is 16.6. The number of hydrogen-bond donors (Lipinski definition) is 2. The van der Waals surface area contributed by atoms with E-state index in [1.165, 1.54) is 11.9 Å². The summed E-state index contributed by atoms with van der Waals surface area (Å²) < 4.78 is 15.1. The van der Waals surface area contributed by atoms with Crippen LogP contribution in [0, 0.1) is 11.3 Å². The Morgan fingerprint density at radius 1 is 1.11 bits per heavy atom. The van der Waals surface area contributed by atoms with Gasteiger partial charge in [0.05, 0.1) is 13.0 Å². The number of rotatable bonds is 8. The first-order chi connectivity index (χ1) is 13.2. The zero-order valence-corrected chi connectivity index (χ0v) is 16.6. The summed E-state index contributed by atoms with van der Waals surface area (Å²) in [6, 6.07) is 9.04. The molecule has 2 N–H and O–H groups in total. The van der Waals surface area contributed by atoms with Crippen molar-refractivity contribution in [2.75, 3.05) is 20.2 Å². The fourth-order valence-electron chi connectivity index (χ4n) is 2.04. The molecule has 0 radical (unpaired) electrons. The van der Waals surface area contributed by atoms with Crippen molar-refractivity contribution in [2.45, 2.75) is 33.5 Å². The topological polar surface area (TPSA) is 118 Å². The molecule has 0 aliphatic rings. The second kappa shape index (κ2) is 11.6. The van der Waals surface area contributed by atoms with Gasteiger partial charge in [-0.25, -0.2) is 4.79 Å². The van der Waals surface area contributed by atoms with Crippen molar-refractivity contribution in [2.24, 2.45) is 5.92 Å². The standard InChI is InChI=1S/C19H27N3O6/c1-5-26-16(24)12-22(4)18(20)21-19(25)28-17(13(2)3)27-15(23)11-14-9-7-6-8-10-14/h6-10,13,17H,5,11-12H2,1-4H3,(H2,20,21,25). The normalized spacial score (nSPS) is 11.3. The van der Waals surface area contributed by atoms with E-state index in [1.807, 2.05) is 18.2 Å². The van der Waals surface area contributed by atoms with Gasteiger partial charge in [0.1, 0.15) is 6.54 Å². The van der Waals surface area contributed by atoms with E-state index >= 15 is 0 Å². The van der Waals surface area contributed by atoms with Crippen LogP contribution >= 0.6 is 0 Å². The molecule has 0 aliphatic carbocycles. The Hall–Kier alpha value is -3.10. The van der Waals surface area contributed by atoms with E-state index in [2.05, 4.69) is 5.32 Å². The minimum Gasteiger partial charge on any atom is -0.465 e. The van der Waals surface area contributed by atoms with Gasteiger partial charge < -0.3 is 19.1 Å². The van der Waals surface area contributed by atoms with Crippen molar-refractivity contribution in [3.63, 3.8) is 0 Å². The molecule has 9 nitrogen and oxygen atoms in total. The highest BCUT2D eigenvalue weighted by Gasteiger charge is 2.24. The van der Waals surface area contributed by atoms with Crippen molar-refractivity contribution >= 4 is 24.0 Å². The molecule has 0 fully saturated rings. The quantitative estimate of drug-likeness (QED) is 0.300. The Balaban J connectivity index is 2.53. The van der Waals surface area contributed by atoms with Crippen LogP contribution in [-0.4, -0.2) is 55.4 Å². The molecular formula is C19H27N3O6. The van der Waals surface area contributed by atoms with Gasteiger partial charge in [-0.05, 0) is 12.5 Å². The molecule has 1 rings (SSSR count). The number of ether oxygens (including phenoxy) is 3. The van der Waals surface area contributed by atoms with Gasteiger partial charge in [-0.3, -0.25) is 20.3 Å². The first kappa shape index (κ1) is 22.9. The average molecular weight is 393 g/mol. The number of alkyl carbamates (subject to hydrolysis) is 1. The van der Waals surface area contributed by atoms with Crippen LogP contribution in [0.2, 0.25) is 0 Å². The Morgan fingerprint density at radius 3 is 2.32 bits per heavy atom. The van der Waals surface area contributed by atoms with Gasteiger partial charge in [0.2, 0.25) is 5.96 Å². The molecule has 0 saturated heterocycles. The van der Waals surface area contributed by atoms with Crippen LogP contribution < -0.4 is 5.32 Å². The van der Waals surface area contributed by atoms with Crippen molar-refractivity contribution in [1.29, 1.82) is 5.41 Å². The summed E-state index contributed by atoms with van der Waals surface area (Å²) >= 11 is 0. The van der Waals surface area contributed by atoms with Crippen LogP contribution in [0.25, 0.3) is 0 Å². The summed E-state index contributed by atoms with van der Waals surface area (Å²) in [6.07, 6.45) is -2.03. The first-order valence-corrected chi connectivity index (χ1v) is 8.89. The highest BCUT2D eigenvalue weighted by atomic mass is 16.7. The van der Waals surface area contributed by atoms with Crippen LogP contribution in [-0.2, 0) is 30.2 Å². The third-order valence-electron chi connectivity index (χ3n) is 3.48. The molecule has 1 unspecified atom stereocenters. The minimum atomic E-state index is -1.11. The lowest BCUT2D eigenvalue weighted by atomic mass is 10.1. The molecule has 0 spiro atoms. The molecule has 0 bridgehead atoms. The van der Waals surface area contributed by atoms with E-state index in [1.54, 1.807) is 32.9 Å². The number of esters is 2. The number of guanidine groups is 1. The van der Waals surface area contributed by atoms with Crippen LogP contribution in [0.15, 0.2) is 30.3 Å². The lowest BCUT2D eigenvalue weighted by Crippen LogP contribution is -2.45. The summed E-state index contributed by atoms with van der Waals surface area (Å²) in [4.78, 5) is 36.7. The number of likely N-dealkylation sites (N-methyl/N-ethyl adjacent to an activating group) is 1. The van der Waals surface area contributed by atoms with Crippen LogP contribution in [0.3, 0.4) is 0 Å². The molecule has 0 aromatic heterocycles. The molecule has 1 aromatic carbocycles. The van der Waals surface area contributed by atoms with E-state index < -0.39 is 24.3 Å². The summed E-state index contributed by atoms with van der Waals surface area (Å²) in [6.45, 7) is 5.15. The molecule has 9 heteroatoms. The zero-order chi connectivity index (χ0) is 21.1. The van der Waals surface area contributed by atoms with E-state index in [4.69, 9.17) is 19.6 Å². The number of carbonyl (C=O) groups excluding carboxylic acids is 3. The van der Waals surface area contributed by atoms with E-state index in [9.17, 15) is 14.4 Å². The second-order valence-corrected chi connectivity index (χ2v) is 6.30. The molecule has 0 aliphatic heterocycles. The fourth-order valence-corrected chi connectivity index (χ4v) is 2.04. The highest BCUT2D eigenvalue weighted by Crippen LogP contribution is 2.11. The van der Waals surface area contributed by atoms with Crippen LogP contribution in [0.1, 0.15) is 26.3 Å². The molecule has 0 saturated carbocycles. The Kier molecular flexibility index (Phi) is 9.49. The Morgan fingerprint density at radius 2 is 1.75 bits per heavy atom. The summed E-state index contributed by atoms with van der Waals surface area (Å²) in [5, 5.41) is 9.98.